The molecule has 0 aromatic heterocycles. The Kier molecular flexibility index (Phi) is 5.38. The maximum Gasteiger partial charge on any atom is 0.199 e. The van der Waals surface area contributed by atoms with Crippen LogP contribution in [0.3, 0.4) is 0 Å². The molecule has 1 heterocycles. The molecule has 1 aromatic rings. The van der Waals surface area contributed by atoms with Crippen LogP contribution in [0.5, 0.6) is 0 Å². The Morgan fingerprint density at radius 1 is 0.917 bits per heavy atom. The largest absolute Gasteiger partial charge is 0.344 e. The number of anilines is 1. The van der Waals surface area contributed by atoms with Crippen molar-refractivity contribution in [3.63, 3.8) is 0 Å². The van der Waals surface area contributed by atoms with Crippen LogP contribution >= 0.6 is 0 Å². The highest BCUT2D eigenvalue weighted by atomic mass is 16.2. The first kappa shape index (κ1) is 23.3. The Morgan fingerprint density at radius 3 is 2.11 bits per heavy atom. The van der Waals surface area contributed by atoms with Gasteiger partial charge in [-0.3, -0.25) is 9.59 Å². The first-order chi connectivity index (χ1) is 17.2. The minimum Gasteiger partial charge on any atom is -0.344 e. The summed E-state index contributed by atoms with van der Waals surface area (Å²) in [6, 6.07) is 19.4. The van der Waals surface area contributed by atoms with Crippen molar-refractivity contribution in [2.75, 3.05) is 11.4 Å². The van der Waals surface area contributed by atoms with Gasteiger partial charge in [-0.2, -0.15) is 10.5 Å². The lowest BCUT2D eigenvalue weighted by molar-refractivity contribution is 0.0988. The summed E-state index contributed by atoms with van der Waals surface area (Å²) >= 11 is 0. The number of rotatable bonds is 3. The van der Waals surface area contributed by atoms with Crippen LogP contribution in [-0.2, 0) is 5.41 Å². The van der Waals surface area contributed by atoms with E-state index in [-0.39, 0.29) is 33.2 Å². The molecule has 5 heteroatoms. The number of benzene rings is 1. The SMILES string of the molecule is CC(C)CN1/C(=C/C=C2C(=O)c3c(C#N)ccc(C#N)c3C2=O)C(C)(C)c2c3cccccc-3cc21. The topological polar surface area (TPSA) is 85.0 Å². The van der Waals surface area contributed by atoms with Crippen molar-refractivity contribution in [1.29, 1.82) is 10.5 Å². The van der Waals surface area contributed by atoms with Crippen LogP contribution in [-0.4, -0.2) is 18.1 Å². The molecule has 0 saturated heterocycles. The van der Waals surface area contributed by atoms with E-state index in [1.807, 2.05) is 36.4 Å². The molecule has 0 fully saturated rings. The van der Waals surface area contributed by atoms with Crippen molar-refractivity contribution in [2.24, 2.45) is 5.92 Å². The molecule has 176 valence electrons. The lowest BCUT2D eigenvalue weighted by Gasteiger charge is -2.29. The number of nitrogens with zero attached hydrogens (tertiary/aromatic N) is 3. The Balaban J connectivity index is 1.67. The van der Waals surface area contributed by atoms with E-state index in [1.54, 1.807) is 6.08 Å². The number of nitriles is 2. The predicted molar refractivity (Wildman–Crippen MR) is 139 cm³/mol. The molecule has 0 saturated carbocycles. The van der Waals surface area contributed by atoms with E-state index in [0.29, 0.717) is 5.92 Å². The van der Waals surface area contributed by atoms with Gasteiger partial charge in [0.2, 0.25) is 0 Å². The number of Topliss-reactive ketones (excluding diaryl/α,β-unsaturated/α-hetero) is 2. The highest BCUT2D eigenvalue weighted by molar-refractivity contribution is 6.40. The molecule has 1 aliphatic heterocycles. The van der Waals surface area contributed by atoms with Crippen molar-refractivity contribution in [1.82, 2.24) is 0 Å². The first-order valence-electron chi connectivity index (χ1n) is 12.0. The van der Waals surface area contributed by atoms with Crippen LogP contribution in [0, 0.1) is 28.6 Å². The predicted octanol–water partition coefficient (Wildman–Crippen LogP) is 6.18. The number of allylic oxidation sites excluding steroid dienone is 4. The molecule has 0 N–H and O–H groups in total. The molecule has 0 unspecified atom stereocenters. The van der Waals surface area contributed by atoms with Crippen molar-refractivity contribution in [3.05, 3.63) is 99.8 Å². The minimum atomic E-state index is -0.504. The van der Waals surface area contributed by atoms with E-state index < -0.39 is 11.6 Å². The Morgan fingerprint density at radius 2 is 1.53 bits per heavy atom. The Bertz CT molecular complexity index is 1520. The zero-order chi connectivity index (χ0) is 25.8. The molecular formula is C31H25N3O2. The Hall–Kier alpha value is -4.48. The fourth-order valence-corrected chi connectivity index (χ4v) is 5.54. The van der Waals surface area contributed by atoms with Crippen molar-refractivity contribution < 1.29 is 9.59 Å². The molecule has 1 aromatic carbocycles. The van der Waals surface area contributed by atoms with Crippen LogP contribution in [0.2, 0.25) is 0 Å². The highest BCUT2D eigenvalue weighted by Gasteiger charge is 2.44. The first-order valence-corrected chi connectivity index (χ1v) is 12.0. The molecular weight excluding hydrogens is 446 g/mol. The lowest BCUT2D eigenvalue weighted by atomic mass is 9.82. The molecule has 0 spiro atoms. The van der Waals surface area contributed by atoms with Gasteiger partial charge in [0, 0.05) is 23.3 Å². The van der Waals surface area contributed by atoms with E-state index in [2.05, 4.69) is 50.8 Å². The van der Waals surface area contributed by atoms with Gasteiger partial charge in [-0.1, -0.05) is 58.0 Å². The Labute approximate surface area is 210 Å². The number of carbonyl (C=O) groups excluding carboxylic acids is 2. The number of fused-ring (bicyclic) bond motifs is 4. The van der Waals surface area contributed by atoms with Gasteiger partial charge in [-0.25, -0.2) is 0 Å². The van der Waals surface area contributed by atoms with Gasteiger partial charge in [-0.05, 0) is 53.0 Å². The van der Waals surface area contributed by atoms with Gasteiger partial charge in [-0.15, -0.1) is 0 Å². The molecule has 0 amide bonds. The van der Waals surface area contributed by atoms with Gasteiger partial charge < -0.3 is 4.90 Å². The quantitative estimate of drug-likeness (QED) is 0.336. The van der Waals surface area contributed by atoms with Gasteiger partial charge in [0.25, 0.3) is 0 Å². The molecule has 36 heavy (non-hydrogen) atoms. The zero-order valence-corrected chi connectivity index (χ0v) is 20.7. The average molecular weight is 472 g/mol. The van der Waals surface area contributed by atoms with Crippen LogP contribution in [0.1, 0.15) is 65.1 Å². The molecule has 0 radical (unpaired) electrons. The van der Waals surface area contributed by atoms with E-state index in [0.717, 1.165) is 17.9 Å². The molecule has 0 atom stereocenters. The normalized spacial score (nSPS) is 16.9. The summed E-state index contributed by atoms with van der Waals surface area (Å²) in [6.45, 7) is 9.44. The third-order valence-electron chi connectivity index (χ3n) is 7.08. The second-order valence-corrected chi connectivity index (χ2v) is 10.2. The molecule has 4 aliphatic rings. The van der Waals surface area contributed by atoms with E-state index in [4.69, 9.17) is 0 Å². The van der Waals surface area contributed by atoms with Crippen molar-refractivity contribution in [3.8, 4) is 23.3 Å². The van der Waals surface area contributed by atoms with E-state index in [9.17, 15) is 20.1 Å². The van der Waals surface area contributed by atoms with Gasteiger partial charge in [0.05, 0.1) is 40.0 Å². The third-order valence-corrected chi connectivity index (χ3v) is 7.08. The standard InChI is InChI=1S/C31H25N3O2/c1-18(2)17-34-24-14-19-8-6-5-7-9-22(19)28(24)31(3,4)25(34)13-12-23-29(35)26-20(15-32)10-11-21(16-33)27(26)30(23)36/h5-14,18H,17H2,1-4H3/b25-13+. The minimum absolute atomic E-state index is 0.0140. The van der Waals surface area contributed by atoms with Crippen molar-refractivity contribution >= 4 is 17.3 Å². The molecule has 3 aliphatic carbocycles. The van der Waals surface area contributed by atoms with Crippen molar-refractivity contribution in [2.45, 2.75) is 33.1 Å². The summed E-state index contributed by atoms with van der Waals surface area (Å²) in [5.74, 6) is -0.625. The summed E-state index contributed by atoms with van der Waals surface area (Å²) in [5, 5.41) is 19.0. The summed E-state index contributed by atoms with van der Waals surface area (Å²) in [4.78, 5) is 28.8. The summed E-state index contributed by atoms with van der Waals surface area (Å²) in [5.41, 5.74) is 5.63. The second-order valence-electron chi connectivity index (χ2n) is 10.2. The number of hydrogen-bond acceptors (Lipinski definition) is 5. The zero-order valence-electron chi connectivity index (χ0n) is 20.7. The van der Waals surface area contributed by atoms with Crippen LogP contribution in [0.25, 0.3) is 11.1 Å². The smallest absolute Gasteiger partial charge is 0.199 e. The van der Waals surface area contributed by atoms with Crippen LogP contribution in [0.4, 0.5) is 5.69 Å². The van der Waals surface area contributed by atoms with Gasteiger partial charge in [0.15, 0.2) is 11.6 Å². The maximum atomic E-state index is 13.3. The van der Waals surface area contributed by atoms with Gasteiger partial charge in [0.1, 0.15) is 0 Å². The average Bonchev–Trinajstić information content (AvgIpc) is 3.31. The van der Waals surface area contributed by atoms with Crippen LogP contribution in [0.15, 0.2) is 72.0 Å². The molecule has 0 bridgehead atoms. The van der Waals surface area contributed by atoms with E-state index >= 15 is 0 Å². The summed E-state index contributed by atoms with van der Waals surface area (Å²) in [6.07, 6.45) is 3.44. The number of ketones is 2. The molecule has 5 rings (SSSR count). The fourth-order valence-electron chi connectivity index (χ4n) is 5.54. The lowest BCUT2D eigenvalue weighted by Crippen LogP contribution is -2.29. The third kappa shape index (κ3) is 3.28. The molecule has 5 nitrogen and oxygen atoms in total. The monoisotopic (exact) mass is 471 g/mol. The number of carbonyl (C=O) groups is 2. The second kappa shape index (κ2) is 8.33. The fraction of sp³-hybridized carbons (Fsp3) is 0.226. The van der Waals surface area contributed by atoms with Crippen LogP contribution < -0.4 is 4.90 Å². The summed E-state index contributed by atoms with van der Waals surface area (Å²) in [7, 11) is 0. The highest BCUT2D eigenvalue weighted by Crippen LogP contribution is 2.54. The number of hydrogen-bond donors (Lipinski definition) is 0. The van der Waals surface area contributed by atoms with E-state index in [1.165, 1.54) is 28.8 Å². The van der Waals surface area contributed by atoms with Gasteiger partial charge >= 0.3 is 0 Å². The maximum absolute atomic E-state index is 13.3. The summed E-state index contributed by atoms with van der Waals surface area (Å²) < 4.78 is 0.